The molecule has 0 atom stereocenters. The van der Waals surface area contributed by atoms with E-state index >= 15 is 0 Å². The van der Waals surface area contributed by atoms with Crippen LogP contribution in [-0.2, 0) is 4.74 Å². The molecule has 0 unspecified atom stereocenters. The van der Waals surface area contributed by atoms with Crippen LogP contribution in [0.5, 0.6) is 0 Å². The summed E-state index contributed by atoms with van der Waals surface area (Å²) in [5.74, 6) is 0. The van der Waals surface area contributed by atoms with Gasteiger partial charge in [-0.05, 0) is 25.5 Å². The Bertz CT molecular complexity index is 394. The van der Waals surface area contributed by atoms with Crippen LogP contribution in [0.15, 0.2) is 18.2 Å². The number of unbranched alkanes of at least 4 members (excludes halogenated alkanes) is 1. The number of ether oxygens (including phenoxy) is 1. The summed E-state index contributed by atoms with van der Waals surface area (Å²) < 4.78 is 5.42. The van der Waals surface area contributed by atoms with Crippen molar-refractivity contribution >= 4 is 11.4 Å². The maximum Gasteiger partial charge on any atom is 0.272 e. The van der Waals surface area contributed by atoms with E-state index in [4.69, 9.17) is 4.74 Å². The first-order valence-corrected chi connectivity index (χ1v) is 6.21. The van der Waals surface area contributed by atoms with E-state index in [1.54, 1.807) is 19.1 Å². The smallest absolute Gasteiger partial charge is 0.272 e. The fourth-order valence-corrected chi connectivity index (χ4v) is 1.59. The second-order valence-corrected chi connectivity index (χ2v) is 4.15. The number of nitro groups is 1. The molecule has 0 aromatic heterocycles. The van der Waals surface area contributed by atoms with Gasteiger partial charge in [-0.25, -0.2) is 0 Å². The van der Waals surface area contributed by atoms with Gasteiger partial charge >= 0.3 is 0 Å². The largest absolute Gasteiger partial charge is 0.383 e. The van der Waals surface area contributed by atoms with Gasteiger partial charge in [0.25, 0.3) is 5.69 Å². The van der Waals surface area contributed by atoms with E-state index in [0.29, 0.717) is 18.7 Å². The molecule has 0 bridgehead atoms. The molecule has 1 N–H and O–H groups in total. The molecule has 0 fully saturated rings. The Morgan fingerprint density at radius 1 is 1.39 bits per heavy atom. The maximum absolute atomic E-state index is 10.7. The summed E-state index contributed by atoms with van der Waals surface area (Å²) in [6, 6.07) is 5.02. The van der Waals surface area contributed by atoms with Crippen LogP contribution in [0.1, 0.15) is 25.3 Å². The summed E-state index contributed by atoms with van der Waals surface area (Å²) in [6.45, 7) is 6.01. The van der Waals surface area contributed by atoms with E-state index in [2.05, 4.69) is 12.2 Å². The summed E-state index contributed by atoms with van der Waals surface area (Å²) in [5, 5.41) is 13.8. The molecule has 5 nitrogen and oxygen atoms in total. The highest BCUT2D eigenvalue weighted by Crippen LogP contribution is 2.21. The van der Waals surface area contributed by atoms with Gasteiger partial charge in [0, 0.05) is 30.5 Å². The lowest BCUT2D eigenvalue weighted by molar-refractivity contribution is -0.385. The monoisotopic (exact) mass is 252 g/mol. The number of benzene rings is 1. The van der Waals surface area contributed by atoms with Crippen LogP contribution >= 0.6 is 0 Å². The number of rotatable bonds is 8. The molecule has 0 saturated heterocycles. The zero-order valence-electron chi connectivity index (χ0n) is 10.9. The van der Waals surface area contributed by atoms with Crippen LogP contribution in [0.25, 0.3) is 0 Å². The van der Waals surface area contributed by atoms with Crippen LogP contribution in [0.4, 0.5) is 11.4 Å². The lowest BCUT2D eigenvalue weighted by Crippen LogP contribution is -2.10. The first kappa shape index (κ1) is 14.4. The van der Waals surface area contributed by atoms with Crippen LogP contribution in [0.3, 0.4) is 0 Å². The van der Waals surface area contributed by atoms with Crippen LogP contribution < -0.4 is 5.32 Å². The van der Waals surface area contributed by atoms with E-state index in [0.717, 1.165) is 25.1 Å². The van der Waals surface area contributed by atoms with E-state index in [9.17, 15) is 10.1 Å². The Morgan fingerprint density at radius 2 is 2.17 bits per heavy atom. The summed E-state index contributed by atoms with van der Waals surface area (Å²) in [6.07, 6.45) is 2.21. The molecule has 1 aromatic carbocycles. The van der Waals surface area contributed by atoms with Crippen molar-refractivity contribution in [1.82, 2.24) is 0 Å². The number of hydrogen-bond acceptors (Lipinski definition) is 4. The fourth-order valence-electron chi connectivity index (χ4n) is 1.59. The maximum atomic E-state index is 10.7. The Morgan fingerprint density at radius 3 is 2.78 bits per heavy atom. The van der Waals surface area contributed by atoms with Gasteiger partial charge in [0.05, 0.1) is 11.5 Å². The SMILES string of the molecule is CCCCOCCNc1ccc([N+](=O)[O-])c(C)c1. The van der Waals surface area contributed by atoms with Gasteiger partial charge < -0.3 is 10.1 Å². The molecule has 100 valence electrons. The average Bonchev–Trinajstić information content (AvgIpc) is 2.33. The molecule has 0 amide bonds. The summed E-state index contributed by atoms with van der Waals surface area (Å²) >= 11 is 0. The van der Waals surface area contributed by atoms with Crippen molar-refractivity contribution in [3.63, 3.8) is 0 Å². The van der Waals surface area contributed by atoms with Crippen molar-refractivity contribution < 1.29 is 9.66 Å². The Hall–Kier alpha value is -1.62. The first-order chi connectivity index (χ1) is 8.65. The number of nitrogens with zero attached hydrogens (tertiary/aromatic N) is 1. The minimum absolute atomic E-state index is 0.153. The van der Waals surface area contributed by atoms with Gasteiger partial charge in [-0.3, -0.25) is 10.1 Å². The average molecular weight is 252 g/mol. The fraction of sp³-hybridized carbons (Fsp3) is 0.538. The third kappa shape index (κ3) is 4.71. The van der Waals surface area contributed by atoms with Crippen molar-refractivity contribution in [2.75, 3.05) is 25.1 Å². The molecule has 0 radical (unpaired) electrons. The minimum atomic E-state index is -0.368. The number of aryl methyl sites for hydroxylation is 1. The van der Waals surface area contributed by atoms with Crippen molar-refractivity contribution in [3.8, 4) is 0 Å². The second-order valence-electron chi connectivity index (χ2n) is 4.15. The van der Waals surface area contributed by atoms with E-state index in [1.165, 1.54) is 6.07 Å². The number of nitro benzene ring substituents is 1. The van der Waals surface area contributed by atoms with Crippen molar-refractivity contribution in [3.05, 3.63) is 33.9 Å². The quantitative estimate of drug-likeness (QED) is 0.438. The van der Waals surface area contributed by atoms with Crippen LogP contribution in [0.2, 0.25) is 0 Å². The highest BCUT2D eigenvalue weighted by Gasteiger charge is 2.09. The van der Waals surface area contributed by atoms with Crippen molar-refractivity contribution in [1.29, 1.82) is 0 Å². The summed E-state index contributed by atoms with van der Waals surface area (Å²) in [5.41, 5.74) is 1.70. The molecule has 18 heavy (non-hydrogen) atoms. The van der Waals surface area contributed by atoms with Gasteiger partial charge in [-0.1, -0.05) is 13.3 Å². The third-order valence-corrected chi connectivity index (χ3v) is 2.61. The molecule has 0 aliphatic carbocycles. The molecule has 0 aliphatic rings. The van der Waals surface area contributed by atoms with Crippen molar-refractivity contribution in [2.24, 2.45) is 0 Å². The predicted molar refractivity (Wildman–Crippen MR) is 72.1 cm³/mol. The van der Waals surface area contributed by atoms with Gasteiger partial charge in [0.2, 0.25) is 0 Å². The Labute approximate surface area is 107 Å². The highest BCUT2D eigenvalue weighted by molar-refractivity contribution is 5.53. The summed E-state index contributed by atoms with van der Waals surface area (Å²) in [7, 11) is 0. The molecule has 5 heteroatoms. The van der Waals surface area contributed by atoms with E-state index < -0.39 is 0 Å². The number of anilines is 1. The Balaban J connectivity index is 2.35. The standard InChI is InChI=1S/C13H20N2O3/c1-3-4-8-18-9-7-14-12-5-6-13(15(16)17)11(2)10-12/h5-6,10,14H,3-4,7-9H2,1-2H3. The van der Waals surface area contributed by atoms with Crippen LogP contribution in [0, 0.1) is 17.0 Å². The van der Waals surface area contributed by atoms with Crippen LogP contribution in [-0.4, -0.2) is 24.7 Å². The van der Waals surface area contributed by atoms with Crippen molar-refractivity contribution in [2.45, 2.75) is 26.7 Å². The zero-order valence-corrected chi connectivity index (χ0v) is 10.9. The minimum Gasteiger partial charge on any atom is -0.383 e. The first-order valence-electron chi connectivity index (χ1n) is 6.21. The highest BCUT2D eigenvalue weighted by atomic mass is 16.6. The molecule has 1 rings (SSSR count). The Kier molecular flexibility index (Phi) is 6.14. The van der Waals surface area contributed by atoms with E-state index in [-0.39, 0.29) is 10.6 Å². The van der Waals surface area contributed by atoms with Gasteiger partial charge in [-0.15, -0.1) is 0 Å². The predicted octanol–water partition coefficient (Wildman–Crippen LogP) is 3.13. The van der Waals surface area contributed by atoms with Gasteiger partial charge in [0.1, 0.15) is 0 Å². The lowest BCUT2D eigenvalue weighted by Gasteiger charge is -2.08. The number of nitrogens with one attached hydrogen (secondary N) is 1. The summed E-state index contributed by atoms with van der Waals surface area (Å²) in [4.78, 5) is 10.3. The molecule has 0 heterocycles. The molecule has 0 saturated carbocycles. The molecule has 1 aromatic rings. The topological polar surface area (TPSA) is 64.4 Å². The molecular formula is C13H20N2O3. The number of hydrogen-bond donors (Lipinski definition) is 1. The van der Waals surface area contributed by atoms with Gasteiger partial charge in [-0.2, -0.15) is 0 Å². The van der Waals surface area contributed by atoms with E-state index in [1.807, 2.05) is 0 Å². The second kappa shape index (κ2) is 7.66. The normalized spacial score (nSPS) is 10.3. The third-order valence-electron chi connectivity index (χ3n) is 2.61. The van der Waals surface area contributed by atoms with Gasteiger partial charge in [0.15, 0.2) is 0 Å². The molecule has 0 spiro atoms. The molecular weight excluding hydrogens is 232 g/mol. The molecule has 0 aliphatic heterocycles. The lowest BCUT2D eigenvalue weighted by atomic mass is 10.2. The zero-order chi connectivity index (χ0) is 13.4.